The molecule has 2 aromatic carbocycles. The molecule has 4 rings (SSSR count). The van der Waals surface area contributed by atoms with Crippen molar-refractivity contribution in [3.05, 3.63) is 99.8 Å². The van der Waals surface area contributed by atoms with Gasteiger partial charge in [-0.05, 0) is 48.2 Å². The number of carboxylic acid groups (broad SMARTS) is 1. The number of aromatic nitrogens is 1. The maximum Gasteiger partial charge on any atom is 0.490 e. The highest BCUT2D eigenvalue weighted by molar-refractivity contribution is 6.42. The third-order valence-electron chi connectivity index (χ3n) is 6.34. The molecule has 14 heteroatoms. The number of carbonyl (C=O) groups is 4. The van der Waals surface area contributed by atoms with Crippen molar-refractivity contribution >= 4 is 46.9 Å². The lowest BCUT2D eigenvalue weighted by Crippen LogP contribution is -2.54. The van der Waals surface area contributed by atoms with Gasteiger partial charge in [0.15, 0.2) is 0 Å². The summed E-state index contributed by atoms with van der Waals surface area (Å²) in [6.45, 7) is 0.819. The van der Waals surface area contributed by atoms with Crippen molar-refractivity contribution in [1.29, 1.82) is 0 Å². The molecule has 1 aliphatic rings. The number of hydrogen-bond acceptors (Lipinski definition) is 5. The first-order chi connectivity index (χ1) is 20.4. The van der Waals surface area contributed by atoms with Crippen LogP contribution >= 0.6 is 23.2 Å². The fourth-order valence-electron chi connectivity index (χ4n) is 4.24. The molecule has 0 aliphatic carbocycles. The Bertz CT molecular complexity index is 1430. The first-order valence-corrected chi connectivity index (χ1v) is 13.7. The van der Waals surface area contributed by atoms with Crippen LogP contribution in [-0.2, 0) is 27.3 Å². The van der Waals surface area contributed by atoms with Crippen LogP contribution in [0, 0.1) is 0 Å². The first kappa shape index (κ1) is 33.3. The summed E-state index contributed by atoms with van der Waals surface area (Å²) in [5.41, 5.74) is 2.05. The van der Waals surface area contributed by atoms with E-state index >= 15 is 0 Å². The summed E-state index contributed by atoms with van der Waals surface area (Å²) in [6, 6.07) is 16.3. The molecule has 1 saturated heterocycles. The van der Waals surface area contributed by atoms with E-state index in [1.165, 1.54) is 12.1 Å². The molecule has 3 N–H and O–H groups in total. The predicted octanol–water partition coefficient (Wildman–Crippen LogP) is 4.67. The van der Waals surface area contributed by atoms with Gasteiger partial charge in [-0.2, -0.15) is 13.2 Å². The van der Waals surface area contributed by atoms with Crippen molar-refractivity contribution in [3.63, 3.8) is 0 Å². The molecule has 0 radical (unpaired) electrons. The van der Waals surface area contributed by atoms with Crippen molar-refractivity contribution in [2.45, 2.75) is 44.1 Å². The molecule has 0 spiro atoms. The minimum Gasteiger partial charge on any atom is -0.475 e. The summed E-state index contributed by atoms with van der Waals surface area (Å²) in [5.74, 6) is -3.74. The molecule has 43 heavy (non-hydrogen) atoms. The molecule has 0 saturated carbocycles. The van der Waals surface area contributed by atoms with E-state index in [2.05, 4.69) is 15.6 Å². The highest BCUT2D eigenvalue weighted by Crippen LogP contribution is 2.23. The topological polar surface area (TPSA) is 129 Å². The Kier molecular flexibility index (Phi) is 11.9. The number of pyridine rings is 1. The molecule has 2 heterocycles. The minimum absolute atomic E-state index is 0.208. The molecule has 0 bridgehead atoms. The number of nitrogens with one attached hydrogen (secondary N) is 2. The fourth-order valence-corrected chi connectivity index (χ4v) is 4.54. The molecule has 3 amide bonds. The van der Waals surface area contributed by atoms with Crippen molar-refractivity contribution < 1.29 is 37.5 Å². The number of carbonyl (C=O) groups excluding carboxylic acids is 3. The number of amides is 3. The van der Waals surface area contributed by atoms with Crippen LogP contribution < -0.4 is 10.6 Å². The Morgan fingerprint density at radius 3 is 2.28 bits per heavy atom. The van der Waals surface area contributed by atoms with Crippen molar-refractivity contribution in [3.8, 4) is 0 Å². The van der Waals surface area contributed by atoms with Crippen molar-refractivity contribution in [1.82, 2.24) is 20.5 Å². The van der Waals surface area contributed by atoms with Crippen LogP contribution in [0.5, 0.6) is 0 Å². The number of aliphatic carboxylic acids is 1. The van der Waals surface area contributed by atoms with Gasteiger partial charge in [0.1, 0.15) is 12.1 Å². The average Bonchev–Trinajstić information content (AvgIpc) is 3.48. The third kappa shape index (κ3) is 9.97. The summed E-state index contributed by atoms with van der Waals surface area (Å²) in [4.78, 5) is 54.3. The molecule has 1 aliphatic heterocycles. The Hall–Kier alpha value is -4.16. The normalized spacial score (nSPS) is 15.1. The Labute approximate surface area is 255 Å². The van der Waals surface area contributed by atoms with Crippen LogP contribution in [0.1, 0.15) is 34.3 Å². The largest absolute Gasteiger partial charge is 0.490 e. The van der Waals surface area contributed by atoms with E-state index in [0.717, 1.165) is 11.1 Å². The van der Waals surface area contributed by atoms with Crippen LogP contribution in [0.3, 0.4) is 0 Å². The van der Waals surface area contributed by atoms with E-state index in [1.54, 1.807) is 29.4 Å². The highest BCUT2D eigenvalue weighted by atomic mass is 35.5. The van der Waals surface area contributed by atoms with E-state index in [4.69, 9.17) is 33.1 Å². The van der Waals surface area contributed by atoms with Crippen LogP contribution in [0.2, 0.25) is 10.0 Å². The van der Waals surface area contributed by atoms with Gasteiger partial charge in [0, 0.05) is 37.5 Å². The third-order valence-corrected chi connectivity index (χ3v) is 7.08. The number of nitrogens with zero attached hydrogens (tertiary/aromatic N) is 2. The number of rotatable bonds is 8. The molecular weight excluding hydrogens is 612 g/mol. The van der Waals surface area contributed by atoms with E-state index < -0.39 is 30.1 Å². The number of likely N-dealkylation sites (tertiary alicyclic amines) is 1. The first-order valence-electron chi connectivity index (χ1n) is 12.9. The Balaban J connectivity index is 0.000000646. The monoisotopic (exact) mass is 638 g/mol. The van der Waals surface area contributed by atoms with Gasteiger partial charge in [0.05, 0.1) is 10.0 Å². The number of hydrogen-bond donors (Lipinski definition) is 3. The van der Waals surface area contributed by atoms with Gasteiger partial charge in [-0.25, -0.2) is 4.79 Å². The maximum atomic E-state index is 13.7. The summed E-state index contributed by atoms with van der Waals surface area (Å²) in [5, 5.41) is 13.5. The summed E-state index contributed by atoms with van der Waals surface area (Å²) in [6.07, 6.45) is -0.293. The molecule has 228 valence electrons. The van der Waals surface area contributed by atoms with Crippen LogP contribution in [0.25, 0.3) is 0 Å². The molecule has 9 nitrogen and oxygen atoms in total. The quantitative estimate of drug-likeness (QED) is 0.329. The molecule has 1 fully saturated rings. The molecule has 3 aromatic rings. The van der Waals surface area contributed by atoms with Crippen molar-refractivity contribution in [2.24, 2.45) is 0 Å². The summed E-state index contributed by atoms with van der Waals surface area (Å²) < 4.78 is 31.7. The zero-order valence-corrected chi connectivity index (χ0v) is 24.0. The second kappa shape index (κ2) is 15.4. The molecule has 1 aromatic heterocycles. The average molecular weight is 639 g/mol. The van der Waals surface area contributed by atoms with Crippen molar-refractivity contribution in [2.75, 3.05) is 6.54 Å². The van der Waals surface area contributed by atoms with E-state index in [-0.39, 0.29) is 28.8 Å². The summed E-state index contributed by atoms with van der Waals surface area (Å²) in [7, 11) is 0. The minimum atomic E-state index is -5.08. The standard InChI is InChI=1S/C27H26Cl2N4O3.C2HF3O2/c28-21-11-10-20(15-22(21)29)25(34)32-23(14-19-8-4-12-30-16-19)27(36)33-13-5-9-24(33)26(35)31-17-18-6-2-1-3-7-18;3-2(4,5)1(6)7/h1-4,6-8,10-12,15-16,23-24H,5,9,13-14,17H2,(H,31,35)(H,32,34);(H,6,7)/t23-,24-;/m0./s1. The summed E-state index contributed by atoms with van der Waals surface area (Å²) >= 11 is 12.1. The van der Waals surface area contributed by atoms with Gasteiger partial charge in [-0.3, -0.25) is 19.4 Å². The van der Waals surface area contributed by atoms with E-state index in [1.807, 2.05) is 36.4 Å². The lowest BCUT2D eigenvalue weighted by molar-refractivity contribution is -0.192. The number of carboxylic acids is 1. The Morgan fingerprint density at radius 2 is 1.67 bits per heavy atom. The predicted molar refractivity (Wildman–Crippen MR) is 152 cm³/mol. The van der Waals surface area contributed by atoms with Gasteiger partial charge in [-0.1, -0.05) is 59.6 Å². The second-order valence-electron chi connectivity index (χ2n) is 9.42. The van der Waals surface area contributed by atoms with Gasteiger partial charge >= 0.3 is 12.1 Å². The SMILES string of the molecule is O=C(N[C@@H](Cc1cccnc1)C(=O)N1CCC[C@H]1C(=O)NCc1ccccc1)c1ccc(Cl)c(Cl)c1.O=C(O)C(F)(F)F. The zero-order valence-electron chi connectivity index (χ0n) is 22.5. The number of halogens is 5. The van der Waals surface area contributed by atoms with Gasteiger partial charge in [0.25, 0.3) is 5.91 Å². The van der Waals surface area contributed by atoms with E-state index in [0.29, 0.717) is 31.0 Å². The maximum absolute atomic E-state index is 13.7. The number of benzene rings is 2. The van der Waals surface area contributed by atoms with Gasteiger partial charge in [-0.15, -0.1) is 0 Å². The zero-order chi connectivity index (χ0) is 31.6. The van der Waals surface area contributed by atoms with Crippen LogP contribution in [0.4, 0.5) is 13.2 Å². The van der Waals surface area contributed by atoms with Crippen LogP contribution in [0.15, 0.2) is 73.1 Å². The molecular formula is C29H27Cl2F3N4O5. The number of alkyl halides is 3. The van der Waals surface area contributed by atoms with Crippen LogP contribution in [-0.4, -0.2) is 63.5 Å². The lowest BCUT2D eigenvalue weighted by Gasteiger charge is -2.29. The highest BCUT2D eigenvalue weighted by Gasteiger charge is 2.39. The molecule has 2 atom stereocenters. The smallest absolute Gasteiger partial charge is 0.475 e. The van der Waals surface area contributed by atoms with Gasteiger partial charge in [0.2, 0.25) is 11.8 Å². The second-order valence-corrected chi connectivity index (χ2v) is 10.2. The fraction of sp³-hybridized carbons (Fsp3) is 0.276. The lowest BCUT2D eigenvalue weighted by atomic mass is 10.0. The molecule has 0 unspecified atom stereocenters. The Morgan fingerprint density at radius 1 is 1.00 bits per heavy atom. The van der Waals surface area contributed by atoms with E-state index in [9.17, 15) is 27.6 Å². The van der Waals surface area contributed by atoms with Gasteiger partial charge < -0.3 is 20.6 Å².